The third-order valence-corrected chi connectivity index (χ3v) is 5.42. The Morgan fingerprint density at radius 2 is 1.42 bits per heavy atom. The molecule has 0 spiro atoms. The lowest BCUT2D eigenvalue weighted by atomic mass is 9.86. The Bertz CT molecular complexity index is 1190. The van der Waals surface area contributed by atoms with Gasteiger partial charge in [-0.3, -0.25) is 24.1 Å². The van der Waals surface area contributed by atoms with Crippen LogP contribution in [0.25, 0.3) is 0 Å². The highest BCUT2D eigenvalue weighted by Crippen LogP contribution is 2.42. The predicted octanol–water partition coefficient (Wildman–Crippen LogP) is 4.18. The van der Waals surface area contributed by atoms with Gasteiger partial charge in [0.15, 0.2) is 11.6 Å². The van der Waals surface area contributed by atoms with Crippen LogP contribution in [0.15, 0.2) is 78.9 Å². The van der Waals surface area contributed by atoms with Gasteiger partial charge in [0.1, 0.15) is 11.7 Å². The molecule has 1 heterocycles. The largest absolute Gasteiger partial charge is 0.297 e. The first-order chi connectivity index (χ1) is 14.9. The standard InChI is InChI=1S/C25H18FNO4/c1-15(28)16-11-13-18(14-12-16)27-22(19-9-5-6-10-20(19)26)21(24(30)25(27)31)23(29)17-7-3-2-4-8-17/h2-14,21-22H,1H3. The van der Waals surface area contributed by atoms with Gasteiger partial charge in [-0.1, -0.05) is 48.5 Å². The number of Topliss-reactive ketones (excluding diaryl/α,β-unsaturated/α-hetero) is 3. The van der Waals surface area contributed by atoms with Crippen LogP contribution in [-0.4, -0.2) is 23.3 Å². The molecule has 3 aromatic rings. The first-order valence-corrected chi connectivity index (χ1v) is 9.72. The molecule has 1 aliphatic heterocycles. The highest BCUT2D eigenvalue weighted by molar-refractivity contribution is 6.49. The third-order valence-electron chi connectivity index (χ3n) is 5.42. The fourth-order valence-electron chi connectivity index (χ4n) is 3.88. The minimum atomic E-state index is -1.39. The van der Waals surface area contributed by atoms with Gasteiger partial charge in [-0.05, 0) is 37.3 Å². The van der Waals surface area contributed by atoms with E-state index < -0.39 is 35.3 Å². The van der Waals surface area contributed by atoms with E-state index in [-0.39, 0.29) is 16.9 Å². The maximum absolute atomic E-state index is 14.8. The van der Waals surface area contributed by atoms with Gasteiger partial charge < -0.3 is 0 Å². The number of carbonyl (C=O) groups is 4. The molecule has 3 aromatic carbocycles. The summed E-state index contributed by atoms with van der Waals surface area (Å²) in [6.45, 7) is 1.41. The second-order valence-electron chi connectivity index (χ2n) is 7.32. The summed E-state index contributed by atoms with van der Waals surface area (Å²) in [7, 11) is 0. The molecule has 5 nitrogen and oxygen atoms in total. The molecule has 31 heavy (non-hydrogen) atoms. The minimum absolute atomic E-state index is 0.0756. The quantitative estimate of drug-likeness (QED) is 0.356. The number of carbonyl (C=O) groups excluding carboxylic acids is 4. The topological polar surface area (TPSA) is 71.5 Å². The SMILES string of the molecule is CC(=O)c1ccc(N2C(=O)C(=O)C(C(=O)c3ccccc3)C2c2ccccc2F)cc1. The molecule has 6 heteroatoms. The van der Waals surface area contributed by atoms with Crippen molar-refractivity contribution in [1.82, 2.24) is 0 Å². The first kappa shape index (κ1) is 20.3. The van der Waals surface area contributed by atoms with Gasteiger partial charge in [0.05, 0.1) is 6.04 Å². The van der Waals surface area contributed by atoms with Crippen molar-refractivity contribution in [3.63, 3.8) is 0 Å². The molecule has 1 aliphatic rings. The molecule has 1 amide bonds. The maximum atomic E-state index is 14.8. The van der Waals surface area contributed by atoms with Crippen molar-refractivity contribution in [3.8, 4) is 0 Å². The smallest absolute Gasteiger partial charge is 0.295 e. The molecular weight excluding hydrogens is 397 g/mol. The summed E-state index contributed by atoms with van der Waals surface area (Å²) < 4.78 is 14.8. The Morgan fingerprint density at radius 3 is 2.03 bits per heavy atom. The zero-order valence-electron chi connectivity index (χ0n) is 16.6. The van der Waals surface area contributed by atoms with E-state index in [2.05, 4.69) is 0 Å². The zero-order chi connectivity index (χ0) is 22.1. The molecule has 0 N–H and O–H groups in total. The predicted molar refractivity (Wildman–Crippen MR) is 112 cm³/mol. The van der Waals surface area contributed by atoms with E-state index in [0.717, 1.165) is 4.90 Å². The summed E-state index contributed by atoms with van der Waals surface area (Å²) in [5.74, 6) is -4.49. The summed E-state index contributed by atoms with van der Waals surface area (Å²) in [5.41, 5.74) is 1.08. The summed E-state index contributed by atoms with van der Waals surface area (Å²) in [4.78, 5) is 52.0. The van der Waals surface area contributed by atoms with Gasteiger partial charge in [0.25, 0.3) is 5.91 Å². The van der Waals surface area contributed by atoms with Crippen molar-refractivity contribution in [2.45, 2.75) is 13.0 Å². The van der Waals surface area contributed by atoms with Crippen LogP contribution in [-0.2, 0) is 9.59 Å². The van der Waals surface area contributed by atoms with E-state index in [0.29, 0.717) is 11.3 Å². The Labute approximate surface area is 178 Å². The van der Waals surface area contributed by atoms with Gasteiger partial charge in [-0.25, -0.2) is 4.39 Å². The van der Waals surface area contributed by atoms with Crippen molar-refractivity contribution in [2.75, 3.05) is 4.90 Å². The van der Waals surface area contributed by atoms with Crippen molar-refractivity contribution >= 4 is 28.9 Å². The molecule has 0 radical (unpaired) electrons. The summed E-state index contributed by atoms with van der Waals surface area (Å²) >= 11 is 0. The van der Waals surface area contributed by atoms with Gasteiger partial charge in [0.2, 0.25) is 5.78 Å². The van der Waals surface area contributed by atoms with Gasteiger partial charge in [0, 0.05) is 22.4 Å². The van der Waals surface area contributed by atoms with E-state index in [1.54, 1.807) is 36.4 Å². The lowest BCUT2D eigenvalue weighted by molar-refractivity contribution is -0.135. The normalized spacial score (nSPS) is 18.3. The maximum Gasteiger partial charge on any atom is 0.295 e. The van der Waals surface area contributed by atoms with Crippen LogP contribution in [0.1, 0.15) is 39.2 Å². The van der Waals surface area contributed by atoms with Crippen LogP contribution in [0.3, 0.4) is 0 Å². The zero-order valence-corrected chi connectivity index (χ0v) is 16.6. The van der Waals surface area contributed by atoms with Gasteiger partial charge in [-0.15, -0.1) is 0 Å². The second kappa shape index (κ2) is 8.07. The van der Waals surface area contributed by atoms with E-state index >= 15 is 0 Å². The Kier molecular flexibility index (Phi) is 5.29. The number of rotatable bonds is 5. The van der Waals surface area contributed by atoms with Gasteiger partial charge in [-0.2, -0.15) is 0 Å². The van der Waals surface area contributed by atoms with Crippen LogP contribution < -0.4 is 4.90 Å². The number of nitrogens with zero attached hydrogens (tertiary/aromatic N) is 1. The lowest BCUT2D eigenvalue weighted by Crippen LogP contribution is -2.31. The van der Waals surface area contributed by atoms with E-state index in [9.17, 15) is 23.6 Å². The van der Waals surface area contributed by atoms with E-state index in [1.165, 1.54) is 49.4 Å². The molecule has 154 valence electrons. The number of benzene rings is 3. The highest BCUT2D eigenvalue weighted by atomic mass is 19.1. The second-order valence-corrected chi connectivity index (χ2v) is 7.32. The first-order valence-electron chi connectivity index (χ1n) is 9.72. The summed E-state index contributed by atoms with van der Waals surface area (Å²) in [6, 6.07) is 18.9. The number of halogens is 1. The number of anilines is 1. The lowest BCUT2D eigenvalue weighted by Gasteiger charge is -2.27. The Hall–Kier alpha value is -3.93. The average molecular weight is 415 g/mol. The molecule has 2 unspecified atom stereocenters. The molecule has 2 atom stereocenters. The minimum Gasteiger partial charge on any atom is -0.297 e. The van der Waals surface area contributed by atoms with Crippen molar-refractivity contribution < 1.29 is 23.6 Å². The van der Waals surface area contributed by atoms with Crippen molar-refractivity contribution in [1.29, 1.82) is 0 Å². The molecular formula is C25H18FNO4. The Balaban J connectivity index is 1.86. The molecule has 4 rings (SSSR count). The Morgan fingerprint density at radius 1 is 0.806 bits per heavy atom. The van der Waals surface area contributed by atoms with E-state index in [1.807, 2.05) is 0 Å². The highest BCUT2D eigenvalue weighted by Gasteiger charge is 2.53. The van der Waals surface area contributed by atoms with Gasteiger partial charge >= 0.3 is 0 Å². The monoisotopic (exact) mass is 415 g/mol. The van der Waals surface area contributed by atoms with E-state index in [4.69, 9.17) is 0 Å². The van der Waals surface area contributed by atoms with Crippen LogP contribution in [0.2, 0.25) is 0 Å². The number of hydrogen-bond acceptors (Lipinski definition) is 4. The average Bonchev–Trinajstić information content (AvgIpc) is 3.04. The van der Waals surface area contributed by atoms with Crippen LogP contribution in [0, 0.1) is 11.7 Å². The van der Waals surface area contributed by atoms with Crippen LogP contribution in [0.5, 0.6) is 0 Å². The number of amides is 1. The molecule has 0 bridgehead atoms. The van der Waals surface area contributed by atoms with Crippen LogP contribution in [0.4, 0.5) is 10.1 Å². The summed E-state index contributed by atoms with van der Waals surface area (Å²) in [6.07, 6.45) is 0. The number of hydrogen-bond donors (Lipinski definition) is 0. The summed E-state index contributed by atoms with van der Waals surface area (Å²) in [5, 5.41) is 0. The fourth-order valence-corrected chi connectivity index (χ4v) is 3.88. The molecule has 1 saturated heterocycles. The third kappa shape index (κ3) is 3.57. The fraction of sp³-hybridized carbons (Fsp3) is 0.120. The molecule has 0 aliphatic carbocycles. The number of ketones is 3. The van der Waals surface area contributed by atoms with Crippen molar-refractivity contribution in [2.24, 2.45) is 5.92 Å². The molecule has 1 fully saturated rings. The van der Waals surface area contributed by atoms with Crippen molar-refractivity contribution in [3.05, 3.63) is 101 Å². The van der Waals surface area contributed by atoms with Crippen LogP contribution >= 0.6 is 0 Å². The molecule has 0 saturated carbocycles. The molecule has 0 aromatic heterocycles.